The lowest BCUT2D eigenvalue weighted by Gasteiger charge is -2.37. The molecule has 0 bridgehead atoms. The number of aromatic nitrogens is 1. The molecule has 1 aromatic heterocycles. The van der Waals surface area contributed by atoms with Gasteiger partial charge in [-0.3, -0.25) is 14.9 Å². The van der Waals surface area contributed by atoms with Crippen LogP contribution in [0, 0.1) is 5.82 Å². The summed E-state index contributed by atoms with van der Waals surface area (Å²) in [6.45, 7) is 5.47. The van der Waals surface area contributed by atoms with Gasteiger partial charge in [0, 0.05) is 61.1 Å². The largest absolute Gasteiger partial charge is 0.508 e. The zero-order chi connectivity index (χ0) is 27.9. The van der Waals surface area contributed by atoms with E-state index in [0.717, 1.165) is 60.7 Å². The third-order valence-corrected chi connectivity index (χ3v) is 8.40. The van der Waals surface area contributed by atoms with Crippen molar-refractivity contribution in [2.45, 2.75) is 19.0 Å². The van der Waals surface area contributed by atoms with Crippen molar-refractivity contribution in [1.29, 1.82) is 0 Å². The molecule has 40 heavy (non-hydrogen) atoms. The van der Waals surface area contributed by atoms with Crippen molar-refractivity contribution in [2.75, 3.05) is 36.4 Å². The van der Waals surface area contributed by atoms with Gasteiger partial charge in [0.25, 0.3) is 11.8 Å². The molecule has 1 atom stereocenters. The zero-order valence-corrected chi connectivity index (χ0v) is 22.7. The molecular formula is C30H28FN5O3S. The summed E-state index contributed by atoms with van der Waals surface area (Å²) in [6.07, 6.45) is 1.55. The molecule has 1 fully saturated rings. The molecule has 2 aliphatic rings. The number of thiazole rings is 1. The van der Waals surface area contributed by atoms with Crippen LogP contribution < -0.4 is 15.5 Å². The second-order valence-electron chi connectivity index (χ2n) is 10.1. The van der Waals surface area contributed by atoms with Crippen molar-refractivity contribution in [3.05, 3.63) is 94.7 Å². The molecule has 1 saturated heterocycles. The smallest absolute Gasteiger partial charge is 0.256 e. The number of carbonyl (C=O) groups is 2. The van der Waals surface area contributed by atoms with Gasteiger partial charge in [0.1, 0.15) is 17.1 Å². The predicted molar refractivity (Wildman–Crippen MR) is 153 cm³/mol. The molecule has 0 aliphatic carbocycles. The molecule has 10 heteroatoms. The SMILES string of the molecule is CC(C(=O)Nc1nccs1)(c1cc(F)ccc1O)N1Cc2ccc(-c3ccc(N4CCNCC4)cc3)cc2C1=O. The number of nitrogens with one attached hydrogen (secondary N) is 2. The molecule has 8 nitrogen and oxygen atoms in total. The van der Waals surface area contributed by atoms with Crippen molar-refractivity contribution in [3.8, 4) is 16.9 Å². The minimum atomic E-state index is -1.72. The summed E-state index contributed by atoms with van der Waals surface area (Å²) in [5.74, 6) is -1.90. The van der Waals surface area contributed by atoms with Gasteiger partial charge in [-0.1, -0.05) is 24.3 Å². The third kappa shape index (κ3) is 4.59. The van der Waals surface area contributed by atoms with Crippen LogP contribution in [0.3, 0.4) is 0 Å². The highest BCUT2D eigenvalue weighted by atomic mass is 32.1. The summed E-state index contributed by atoms with van der Waals surface area (Å²) in [5, 5.41) is 18.9. The fourth-order valence-electron chi connectivity index (χ4n) is 5.42. The van der Waals surface area contributed by atoms with Gasteiger partial charge in [0.2, 0.25) is 0 Å². The highest BCUT2D eigenvalue weighted by Gasteiger charge is 2.49. The Bertz CT molecular complexity index is 1570. The molecule has 4 aromatic rings. The number of hydrogen-bond acceptors (Lipinski definition) is 7. The van der Waals surface area contributed by atoms with Crippen molar-refractivity contribution in [1.82, 2.24) is 15.2 Å². The van der Waals surface area contributed by atoms with Crippen molar-refractivity contribution >= 4 is 34.0 Å². The van der Waals surface area contributed by atoms with Crippen LogP contribution >= 0.6 is 11.3 Å². The van der Waals surface area contributed by atoms with Gasteiger partial charge in [-0.05, 0) is 60.0 Å². The van der Waals surface area contributed by atoms with Gasteiger partial charge in [0.15, 0.2) is 5.13 Å². The molecule has 2 amide bonds. The van der Waals surface area contributed by atoms with E-state index >= 15 is 0 Å². The summed E-state index contributed by atoms with van der Waals surface area (Å²) in [6, 6.07) is 17.4. The van der Waals surface area contributed by atoms with Crippen LogP contribution in [0.25, 0.3) is 11.1 Å². The molecule has 3 aromatic carbocycles. The van der Waals surface area contributed by atoms with Crippen LogP contribution in [0.4, 0.5) is 15.2 Å². The first kappa shape index (κ1) is 26.0. The van der Waals surface area contributed by atoms with Gasteiger partial charge in [0.05, 0.1) is 0 Å². The van der Waals surface area contributed by atoms with E-state index in [1.807, 2.05) is 30.3 Å². The lowest BCUT2D eigenvalue weighted by molar-refractivity contribution is -0.126. The van der Waals surface area contributed by atoms with Crippen LogP contribution in [-0.2, 0) is 16.9 Å². The monoisotopic (exact) mass is 557 g/mol. The van der Waals surface area contributed by atoms with Gasteiger partial charge < -0.3 is 20.2 Å². The van der Waals surface area contributed by atoms with Crippen LogP contribution in [0.2, 0.25) is 0 Å². The number of fused-ring (bicyclic) bond motifs is 1. The van der Waals surface area contributed by atoms with Gasteiger partial charge in [-0.15, -0.1) is 11.3 Å². The number of amides is 2. The number of benzene rings is 3. The second kappa shape index (κ2) is 10.4. The molecule has 2 aliphatic heterocycles. The lowest BCUT2D eigenvalue weighted by atomic mass is 9.88. The maximum Gasteiger partial charge on any atom is 0.256 e. The van der Waals surface area contributed by atoms with Crippen molar-refractivity contribution in [3.63, 3.8) is 0 Å². The fraction of sp³-hybridized carbons (Fsp3) is 0.233. The molecule has 0 spiro atoms. The van der Waals surface area contributed by atoms with Gasteiger partial charge in [-0.2, -0.15) is 0 Å². The maximum absolute atomic E-state index is 14.4. The Labute approximate surface area is 235 Å². The van der Waals surface area contributed by atoms with E-state index in [1.54, 1.807) is 11.6 Å². The Hall–Kier alpha value is -4.28. The molecule has 0 saturated carbocycles. The van der Waals surface area contributed by atoms with E-state index < -0.39 is 17.3 Å². The highest BCUT2D eigenvalue weighted by Crippen LogP contribution is 2.42. The first-order valence-corrected chi connectivity index (χ1v) is 13.9. The summed E-state index contributed by atoms with van der Waals surface area (Å²) < 4.78 is 14.4. The Morgan fingerprint density at radius 2 is 1.82 bits per heavy atom. The third-order valence-electron chi connectivity index (χ3n) is 7.71. The van der Waals surface area contributed by atoms with E-state index in [0.29, 0.717) is 10.7 Å². The topological polar surface area (TPSA) is 97.8 Å². The molecule has 0 radical (unpaired) electrons. The number of hydrogen-bond donors (Lipinski definition) is 3. The number of phenolic OH excluding ortho intramolecular Hbond substituents is 1. The highest BCUT2D eigenvalue weighted by molar-refractivity contribution is 7.13. The lowest BCUT2D eigenvalue weighted by Crippen LogP contribution is -2.52. The standard InChI is InChI=1S/C30H28FN5O3S/c1-30(25-17-22(31)6-9-26(25)37,28(39)34-29-33-12-15-40-29)36-18-21-3-2-20(16-24(21)27(36)38)19-4-7-23(8-5-19)35-13-10-32-11-14-35/h2-9,12,15-17,32,37H,10-11,13-14,18H2,1H3,(H,33,34,39). The van der Waals surface area contributed by atoms with E-state index in [2.05, 4.69) is 32.7 Å². The number of nitrogens with zero attached hydrogens (tertiary/aromatic N) is 3. The number of rotatable bonds is 6. The van der Waals surface area contributed by atoms with E-state index in [-0.39, 0.29) is 23.8 Å². The minimum Gasteiger partial charge on any atom is -0.508 e. The summed E-state index contributed by atoms with van der Waals surface area (Å²) in [7, 11) is 0. The number of halogens is 1. The molecule has 204 valence electrons. The summed E-state index contributed by atoms with van der Waals surface area (Å²) >= 11 is 1.22. The quantitative estimate of drug-likeness (QED) is 0.321. The normalized spacial score (nSPS) is 16.5. The van der Waals surface area contributed by atoms with E-state index in [4.69, 9.17) is 0 Å². The van der Waals surface area contributed by atoms with Crippen LogP contribution in [0.5, 0.6) is 5.75 Å². The average Bonchev–Trinajstić information content (AvgIpc) is 3.62. The number of phenols is 1. The number of anilines is 2. The first-order chi connectivity index (χ1) is 19.3. The Morgan fingerprint density at radius 1 is 1.07 bits per heavy atom. The van der Waals surface area contributed by atoms with Crippen LogP contribution in [0.15, 0.2) is 72.2 Å². The summed E-state index contributed by atoms with van der Waals surface area (Å²) in [5.41, 5.74) is 2.49. The number of carbonyl (C=O) groups excluding carboxylic acids is 2. The fourth-order valence-corrected chi connectivity index (χ4v) is 5.95. The van der Waals surface area contributed by atoms with E-state index in [1.165, 1.54) is 29.2 Å². The second-order valence-corrected chi connectivity index (χ2v) is 11.0. The maximum atomic E-state index is 14.4. The minimum absolute atomic E-state index is 0.00793. The van der Waals surface area contributed by atoms with Crippen LogP contribution in [-0.4, -0.2) is 53.0 Å². The van der Waals surface area contributed by atoms with E-state index in [9.17, 15) is 19.1 Å². The molecular weight excluding hydrogens is 529 g/mol. The van der Waals surface area contributed by atoms with Gasteiger partial charge >= 0.3 is 0 Å². The van der Waals surface area contributed by atoms with Crippen molar-refractivity contribution in [2.24, 2.45) is 0 Å². The molecule has 3 heterocycles. The number of piperazine rings is 1. The zero-order valence-electron chi connectivity index (χ0n) is 21.9. The van der Waals surface area contributed by atoms with Crippen LogP contribution in [0.1, 0.15) is 28.4 Å². The molecule has 3 N–H and O–H groups in total. The Morgan fingerprint density at radius 3 is 2.55 bits per heavy atom. The van der Waals surface area contributed by atoms with Crippen molar-refractivity contribution < 1.29 is 19.1 Å². The Balaban J connectivity index is 1.33. The predicted octanol–water partition coefficient (Wildman–Crippen LogP) is 4.57. The molecule has 1 unspecified atom stereocenters. The number of aromatic hydroxyl groups is 1. The summed E-state index contributed by atoms with van der Waals surface area (Å²) in [4.78, 5) is 35.5. The average molecular weight is 558 g/mol. The molecule has 6 rings (SSSR count). The van der Waals surface area contributed by atoms with Gasteiger partial charge in [-0.25, -0.2) is 9.37 Å². The first-order valence-electron chi connectivity index (χ1n) is 13.1. The Kier molecular flexibility index (Phi) is 6.73.